The first-order valence-electron chi connectivity index (χ1n) is 13.2. The van der Waals surface area contributed by atoms with Gasteiger partial charge in [0.15, 0.2) is 11.5 Å². The summed E-state index contributed by atoms with van der Waals surface area (Å²) in [4.78, 5) is 22.6. The highest BCUT2D eigenvalue weighted by Crippen LogP contribution is 2.36. The van der Waals surface area contributed by atoms with E-state index in [0.29, 0.717) is 45.9 Å². The molecule has 41 heavy (non-hydrogen) atoms. The first-order valence-corrected chi connectivity index (χ1v) is 13.5. The van der Waals surface area contributed by atoms with E-state index in [4.69, 9.17) is 26.4 Å². The minimum absolute atomic E-state index is 0.0108. The summed E-state index contributed by atoms with van der Waals surface area (Å²) in [7, 11) is 0. The van der Waals surface area contributed by atoms with Crippen LogP contribution in [0.3, 0.4) is 0 Å². The third-order valence-corrected chi connectivity index (χ3v) is 6.92. The number of amides is 1. The molecule has 2 aromatic carbocycles. The molecule has 0 saturated carbocycles. The zero-order chi connectivity index (χ0) is 29.8. The second-order valence-electron chi connectivity index (χ2n) is 9.57. The lowest BCUT2D eigenvalue weighted by Gasteiger charge is -2.27. The summed E-state index contributed by atoms with van der Waals surface area (Å²) >= 11 is 6.61. The van der Waals surface area contributed by atoms with Gasteiger partial charge in [-0.1, -0.05) is 30.7 Å². The fraction of sp³-hybridized carbons (Fsp3) is 0.310. The number of fused-ring (bicyclic) bond motifs is 1. The normalized spacial score (nSPS) is 15.7. The standard InChI is InChI=1S/C29H32ClF2N7O2/c1-6-17-21(31)10-11-22-25(17)41-29(37-22)39-28-36-16(5)23(24(38-28)18-9-8-14(3)12-20(18)30)27(40)35-13-19(15(4)33)26(32)34-7-2/h8-12,24,33-34H,6-7,13H2,1-5H3,(H,35,40)(H2,36,37,38,39)/b26-19-,33-15?. The van der Waals surface area contributed by atoms with E-state index in [-0.39, 0.29) is 41.2 Å². The molecule has 1 unspecified atom stereocenters. The van der Waals surface area contributed by atoms with Gasteiger partial charge in [-0.3, -0.25) is 10.1 Å². The van der Waals surface area contributed by atoms with Gasteiger partial charge in [-0.05, 0) is 57.9 Å². The summed E-state index contributed by atoms with van der Waals surface area (Å²) < 4.78 is 34.6. The molecule has 216 valence electrons. The monoisotopic (exact) mass is 583 g/mol. The molecule has 3 aromatic rings. The number of hydrogen-bond acceptors (Lipinski definition) is 8. The summed E-state index contributed by atoms with van der Waals surface area (Å²) in [6.07, 6.45) is 0.429. The molecule has 9 nitrogen and oxygen atoms in total. The second-order valence-corrected chi connectivity index (χ2v) is 9.98. The summed E-state index contributed by atoms with van der Waals surface area (Å²) in [6, 6.07) is 7.57. The number of oxazole rings is 1. The van der Waals surface area contributed by atoms with Crippen LogP contribution in [0, 0.1) is 18.2 Å². The predicted octanol–water partition coefficient (Wildman–Crippen LogP) is 5.82. The quantitative estimate of drug-likeness (QED) is 0.159. The zero-order valence-corrected chi connectivity index (χ0v) is 24.2. The summed E-state index contributed by atoms with van der Waals surface area (Å²) in [5.74, 6) is -1.31. The number of allylic oxidation sites excluding steroid dienone is 1. The number of benzene rings is 2. The van der Waals surface area contributed by atoms with E-state index in [1.54, 1.807) is 26.0 Å². The SMILES string of the molecule is CCN/C(F)=C(/CNC(=O)C1=C(C)NC(Nc2nc3ccc(F)c(CC)c3o2)=NC1c1ccc(C)cc1Cl)C(C)=N. The highest BCUT2D eigenvalue weighted by molar-refractivity contribution is 6.31. The lowest BCUT2D eigenvalue weighted by molar-refractivity contribution is -0.117. The van der Waals surface area contributed by atoms with Crippen molar-refractivity contribution >= 4 is 46.3 Å². The van der Waals surface area contributed by atoms with Gasteiger partial charge in [-0.15, -0.1) is 0 Å². The molecule has 12 heteroatoms. The summed E-state index contributed by atoms with van der Waals surface area (Å²) in [5, 5.41) is 19.7. The third kappa shape index (κ3) is 6.40. The Bertz CT molecular complexity index is 1610. The second kappa shape index (κ2) is 12.5. The molecule has 1 aromatic heterocycles. The average molecular weight is 584 g/mol. The third-order valence-electron chi connectivity index (χ3n) is 6.59. The molecular formula is C29H32ClF2N7O2. The summed E-state index contributed by atoms with van der Waals surface area (Å²) in [6.45, 7) is 8.74. The maximum absolute atomic E-state index is 14.5. The molecule has 0 saturated heterocycles. The van der Waals surface area contributed by atoms with Crippen molar-refractivity contribution < 1.29 is 18.0 Å². The number of carbonyl (C=O) groups excluding carboxylic acids is 1. The molecule has 0 aliphatic carbocycles. The van der Waals surface area contributed by atoms with E-state index in [1.807, 2.05) is 19.9 Å². The molecule has 0 fully saturated rings. The minimum Gasteiger partial charge on any atom is -0.423 e. The van der Waals surface area contributed by atoms with Crippen LogP contribution in [-0.2, 0) is 11.2 Å². The van der Waals surface area contributed by atoms with Crippen LogP contribution in [0.25, 0.3) is 11.1 Å². The molecule has 0 radical (unpaired) electrons. The highest BCUT2D eigenvalue weighted by Gasteiger charge is 2.31. The van der Waals surface area contributed by atoms with E-state index >= 15 is 0 Å². The van der Waals surface area contributed by atoms with Crippen molar-refractivity contribution in [3.63, 3.8) is 0 Å². The zero-order valence-electron chi connectivity index (χ0n) is 23.4. The lowest BCUT2D eigenvalue weighted by atomic mass is 9.94. The van der Waals surface area contributed by atoms with Crippen molar-refractivity contribution in [2.45, 2.75) is 47.1 Å². The molecule has 1 amide bonds. The molecular weight excluding hydrogens is 552 g/mol. The maximum atomic E-state index is 14.5. The van der Waals surface area contributed by atoms with Crippen molar-refractivity contribution in [2.75, 3.05) is 18.4 Å². The Morgan fingerprint density at radius 1 is 1.20 bits per heavy atom. The Kier molecular flexibility index (Phi) is 9.07. The molecule has 1 aliphatic heterocycles. The number of aryl methyl sites for hydroxylation is 2. The minimum atomic E-state index is -0.841. The number of aromatic nitrogens is 1. The van der Waals surface area contributed by atoms with Crippen LogP contribution >= 0.6 is 11.6 Å². The molecule has 1 atom stereocenters. The molecule has 5 N–H and O–H groups in total. The molecule has 1 aliphatic rings. The number of nitrogens with zero attached hydrogens (tertiary/aromatic N) is 2. The van der Waals surface area contributed by atoms with Crippen LogP contribution in [0.2, 0.25) is 5.02 Å². The van der Waals surface area contributed by atoms with Crippen LogP contribution in [0.5, 0.6) is 0 Å². The molecule has 4 rings (SSSR count). The lowest BCUT2D eigenvalue weighted by Crippen LogP contribution is -2.40. The van der Waals surface area contributed by atoms with Gasteiger partial charge in [0.2, 0.25) is 5.96 Å². The predicted molar refractivity (Wildman–Crippen MR) is 157 cm³/mol. The Labute approximate surface area is 241 Å². The van der Waals surface area contributed by atoms with Gasteiger partial charge in [0.05, 0.1) is 5.57 Å². The highest BCUT2D eigenvalue weighted by atomic mass is 35.5. The van der Waals surface area contributed by atoms with E-state index in [1.165, 1.54) is 19.1 Å². The van der Waals surface area contributed by atoms with E-state index in [2.05, 4.69) is 26.3 Å². The van der Waals surface area contributed by atoms with Crippen molar-refractivity contribution in [3.8, 4) is 0 Å². The first kappa shape index (κ1) is 29.7. The fourth-order valence-electron chi connectivity index (χ4n) is 4.52. The van der Waals surface area contributed by atoms with Crippen LogP contribution < -0.4 is 21.3 Å². The van der Waals surface area contributed by atoms with Crippen molar-refractivity contribution in [1.29, 1.82) is 5.41 Å². The molecule has 0 spiro atoms. The van der Waals surface area contributed by atoms with Crippen LogP contribution in [0.4, 0.5) is 14.8 Å². The van der Waals surface area contributed by atoms with Gasteiger partial charge in [0.1, 0.15) is 17.4 Å². The topological polar surface area (TPSA) is 127 Å². The average Bonchev–Trinajstić information content (AvgIpc) is 3.30. The number of anilines is 1. The van der Waals surface area contributed by atoms with Crippen molar-refractivity contribution in [3.05, 3.63) is 80.7 Å². The Hall–Kier alpha value is -4.25. The smallest absolute Gasteiger partial charge is 0.302 e. The molecule has 2 heterocycles. The maximum Gasteiger partial charge on any atom is 0.302 e. The number of guanidine groups is 1. The van der Waals surface area contributed by atoms with E-state index in [9.17, 15) is 13.6 Å². The van der Waals surface area contributed by atoms with Crippen molar-refractivity contribution in [2.24, 2.45) is 4.99 Å². The van der Waals surface area contributed by atoms with Crippen molar-refractivity contribution in [1.82, 2.24) is 20.9 Å². The van der Waals surface area contributed by atoms with E-state index < -0.39 is 17.9 Å². The first-order chi connectivity index (χ1) is 19.5. The summed E-state index contributed by atoms with van der Waals surface area (Å²) in [5.41, 5.74) is 3.51. The Morgan fingerprint density at radius 2 is 1.95 bits per heavy atom. The number of nitrogens with one attached hydrogen (secondary N) is 5. The van der Waals surface area contributed by atoms with Crippen LogP contribution in [-0.4, -0.2) is 35.7 Å². The van der Waals surface area contributed by atoms with Gasteiger partial charge in [-0.25, -0.2) is 9.38 Å². The van der Waals surface area contributed by atoms with Gasteiger partial charge in [-0.2, -0.15) is 9.37 Å². The largest absolute Gasteiger partial charge is 0.423 e. The number of aliphatic imine (C=N–C) groups is 1. The number of rotatable bonds is 9. The number of carbonyl (C=O) groups is 1. The Balaban J connectivity index is 1.68. The van der Waals surface area contributed by atoms with Gasteiger partial charge in [0.25, 0.3) is 5.91 Å². The number of halogens is 3. The van der Waals surface area contributed by atoms with Gasteiger partial charge in [0, 0.05) is 46.2 Å². The number of hydrogen-bond donors (Lipinski definition) is 5. The van der Waals surface area contributed by atoms with Crippen LogP contribution in [0.1, 0.15) is 50.4 Å². The van der Waals surface area contributed by atoms with Crippen LogP contribution in [0.15, 0.2) is 62.5 Å². The van der Waals surface area contributed by atoms with Gasteiger partial charge < -0.3 is 25.8 Å². The van der Waals surface area contributed by atoms with E-state index in [0.717, 1.165) is 5.56 Å². The van der Waals surface area contributed by atoms with Gasteiger partial charge >= 0.3 is 6.01 Å². The molecule has 0 bridgehead atoms. The fourth-order valence-corrected chi connectivity index (χ4v) is 4.86. The Morgan fingerprint density at radius 3 is 2.61 bits per heavy atom.